The average molecular weight is 345 g/mol. The molecule has 1 heterocycles. The molecule has 0 fully saturated rings. The number of amides is 1. The summed E-state index contributed by atoms with van der Waals surface area (Å²) < 4.78 is 43.7. The van der Waals surface area contributed by atoms with Gasteiger partial charge in [-0.3, -0.25) is 4.79 Å². The number of nitrogens with zero attached hydrogens (tertiary/aromatic N) is 1. The number of carbonyl (C=O) groups excluding carboxylic acids is 1. The van der Waals surface area contributed by atoms with Crippen molar-refractivity contribution in [2.75, 3.05) is 11.9 Å². The highest BCUT2D eigenvalue weighted by atomic mass is 35.5. The van der Waals surface area contributed by atoms with Gasteiger partial charge in [-0.25, -0.2) is 4.98 Å². The first-order chi connectivity index (χ1) is 10.8. The Labute approximate surface area is 135 Å². The Balaban J connectivity index is 2.28. The minimum Gasteiger partial charge on any atom is -0.477 e. The minimum absolute atomic E-state index is 0.0296. The van der Waals surface area contributed by atoms with Crippen LogP contribution in [0.5, 0.6) is 5.88 Å². The largest absolute Gasteiger partial charge is 0.477 e. The maximum absolute atomic E-state index is 12.8. The zero-order valence-electron chi connectivity index (χ0n) is 11.9. The predicted molar refractivity (Wildman–Crippen MR) is 79.8 cm³/mol. The van der Waals surface area contributed by atoms with Gasteiger partial charge in [0.2, 0.25) is 5.88 Å². The van der Waals surface area contributed by atoms with Crippen LogP contribution in [0.1, 0.15) is 22.8 Å². The van der Waals surface area contributed by atoms with E-state index < -0.39 is 22.7 Å². The van der Waals surface area contributed by atoms with Gasteiger partial charge in [-0.2, -0.15) is 13.2 Å². The number of ether oxygens (including phenoxy) is 1. The van der Waals surface area contributed by atoms with Gasteiger partial charge in [0.05, 0.1) is 17.2 Å². The van der Waals surface area contributed by atoms with Gasteiger partial charge in [0, 0.05) is 11.9 Å². The molecule has 0 saturated carbocycles. The number of benzene rings is 1. The molecule has 0 unspecified atom stereocenters. The number of anilines is 1. The first-order valence-corrected chi connectivity index (χ1v) is 6.96. The highest BCUT2D eigenvalue weighted by molar-refractivity contribution is 6.31. The second-order valence-electron chi connectivity index (χ2n) is 4.44. The van der Waals surface area contributed by atoms with Crippen molar-refractivity contribution in [1.82, 2.24) is 4.98 Å². The van der Waals surface area contributed by atoms with Gasteiger partial charge in [-0.05, 0) is 37.3 Å². The molecular formula is C15H12ClF3N2O2. The van der Waals surface area contributed by atoms with E-state index in [0.29, 0.717) is 6.61 Å². The fourth-order valence-electron chi connectivity index (χ4n) is 1.83. The number of aromatic nitrogens is 1. The van der Waals surface area contributed by atoms with E-state index in [1.165, 1.54) is 24.4 Å². The quantitative estimate of drug-likeness (QED) is 0.894. The van der Waals surface area contributed by atoms with Gasteiger partial charge in [0.25, 0.3) is 5.91 Å². The Morgan fingerprint density at radius 1 is 1.35 bits per heavy atom. The molecule has 0 aliphatic carbocycles. The molecule has 1 amide bonds. The molecule has 2 rings (SSSR count). The van der Waals surface area contributed by atoms with Crippen molar-refractivity contribution in [3.05, 3.63) is 52.7 Å². The number of hydrogen-bond acceptors (Lipinski definition) is 3. The van der Waals surface area contributed by atoms with Crippen LogP contribution in [-0.4, -0.2) is 17.5 Å². The first kappa shape index (κ1) is 17.1. The molecule has 0 bridgehead atoms. The monoisotopic (exact) mass is 344 g/mol. The van der Waals surface area contributed by atoms with Gasteiger partial charge >= 0.3 is 6.18 Å². The number of halogens is 4. The Hall–Kier alpha value is -2.28. The third-order valence-corrected chi connectivity index (χ3v) is 3.16. The lowest BCUT2D eigenvalue weighted by atomic mass is 10.1. The highest BCUT2D eigenvalue weighted by Gasteiger charge is 2.33. The molecule has 0 atom stereocenters. The molecule has 2 aromatic rings. The average Bonchev–Trinajstić information content (AvgIpc) is 2.49. The number of carbonyl (C=O) groups is 1. The smallest absolute Gasteiger partial charge is 0.417 e. The van der Waals surface area contributed by atoms with Gasteiger partial charge in [-0.1, -0.05) is 11.6 Å². The summed E-state index contributed by atoms with van der Waals surface area (Å²) in [5, 5.41) is 1.94. The lowest BCUT2D eigenvalue weighted by Crippen LogP contribution is -2.15. The van der Waals surface area contributed by atoms with Gasteiger partial charge in [0.1, 0.15) is 5.56 Å². The standard InChI is InChI=1S/C15H12ClF3N2O2/c1-2-23-14-10(4-3-7-20-14)13(22)21-9-5-6-12(16)11(8-9)15(17,18)19/h3-8H,2H2,1H3,(H,21,22). The molecule has 0 aliphatic rings. The molecule has 1 aromatic carbocycles. The fraction of sp³-hybridized carbons (Fsp3) is 0.200. The third-order valence-electron chi connectivity index (χ3n) is 2.83. The Morgan fingerprint density at radius 2 is 2.09 bits per heavy atom. The third kappa shape index (κ3) is 4.13. The molecular weight excluding hydrogens is 333 g/mol. The predicted octanol–water partition coefficient (Wildman–Crippen LogP) is 4.40. The summed E-state index contributed by atoms with van der Waals surface area (Å²) in [5.74, 6) is -0.519. The maximum Gasteiger partial charge on any atom is 0.417 e. The van der Waals surface area contributed by atoms with Crippen LogP contribution in [0.4, 0.5) is 18.9 Å². The van der Waals surface area contributed by atoms with Crippen molar-refractivity contribution in [3.63, 3.8) is 0 Å². The van der Waals surface area contributed by atoms with E-state index >= 15 is 0 Å². The van der Waals surface area contributed by atoms with E-state index in [-0.39, 0.29) is 17.1 Å². The summed E-state index contributed by atoms with van der Waals surface area (Å²) in [6.07, 6.45) is -3.16. The Bertz CT molecular complexity index is 720. The van der Waals surface area contributed by atoms with Crippen LogP contribution in [0, 0.1) is 0 Å². The molecule has 4 nitrogen and oxygen atoms in total. The summed E-state index contributed by atoms with van der Waals surface area (Å²) >= 11 is 5.54. The number of nitrogens with one attached hydrogen (secondary N) is 1. The number of alkyl halides is 3. The number of rotatable bonds is 4. The van der Waals surface area contributed by atoms with Crippen molar-refractivity contribution < 1.29 is 22.7 Å². The SMILES string of the molecule is CCOc1ncccc1C(=O)Nc1ccc(Cl)c(C(F)(F)F)c1. The molecule has 0 radical (unpaired) electrons. The molecule has 1 N–H and O–H groups in total. The van der Waals surface area contributed by atoms with Crippen LogP contribution >= 0.6 is 11.6 Å². The molecule has 0 saturated heterocycles. The summed E-state index contributed by atoms with van der Waals surface area (Å²) in [5.41, 5.74) is -0.927. The van der Waals surface area contributed by atoms with Crippen molar-refractivity contribution in [3.8, 4) is 5.88 Å². The topological polar surface area (TPSA) is 51.2 Å². The van der Waals surface area contributed by atoms with Crippen molar-refractivity contribution in [1.29, 1.82) is 0 Å². The summed E-state index contributed by atoms with van der Waals surface area (Å²) in [6, 6.07) is 6.13. The van der Waals surface area contributed by atoms with Crippen LogP contribution in [0.25, 0.3) is 0 Å². The van der Waals surface area contributed by atoms with Crippen LogP contribution in [0.2, 0.25) is 5.02 Å². The number of pyridine rings is 1. The number of hydrogen-bond donors (Lipinski definition) is 1. The zero-order chi connectivity index (χ0) is 17.0. The van der Waals surface area contributed by atoms with E-state index in [2.05, 4.69) is 10.3 Å². The molecule has 0 aliphatic heterocycles. The second-order valence-corrected chi connectivity index (χ2v) is 4.84. The molecule has 1 aromatic heterocycles. The first-order valence-electron chi connectivity index (χ1n) is 6.59. The van der Waals surface area contributed by atoms with E-state index in [4.69, 9.17) is 16.3 Å². The van der Waals surface area contributed by atoms with E-state index in [1.54, 1.807) is 6.92 Å². The van der Waals surface area contributed by atoms with Crippen LogP contribution in [-0.2, 0) is 6.18 Å². The van der Waals surface area contributed by atoms with Gasteiger partial charge in [0.15, 0.2) is 0 Å². The fourth-order valence-corrected chi connectivity index (χ4v) is 2.06. The molecule has 122 valence electrons. The Morgan fingerprint density at radius 3 is 2.74 bits per heavy atom. The Kier molecular flexibility index (Phi) is 5.10. The van der Waals surface area contributed by atoms with E-state index in [9.17, 15) is 18.0 Å². The van der Waals surface area contributed by atoms with Crippen LogP contribution < -0.4 is 10.1 Å². The lowest BCUT2D eigenvalue weighted by Gasteiger charge is -2.12. The van der Waals surface area contributed by atoms with Crippen LogP contribution in [0.15, 0.2) is 36.5 Å². The van der Waals surface area contributed by atoms with Crippen molar-refractivity contribution >= 4 is 23.2 Å². The maximum atomic E-state index is 12.8. The van der Waals surface area contributed by atoms with Crippen molar-refractivity contribution in [2.45, 2.75) is 13.1 Å². The molecule has 0 spiro atoms. The van der Waals surface area contributed by atoms with Crippen molar-refractivity contribution in [2.24, 2.45) is 0 Å². The van der Waals surface area contributed by atoms with Gasteiger partial charge < -0.3 is 10.1 Å². The summed E-state index contributed by atoms with van der Waals surface area (Å²) in [6.45, 7) is 2.03. The highest BCUT2D eigenvalue weighted by Crippen LogP contribution is 2.36. The normalized spacial score (nSPS) is 11.2. The van der Waals surface area contributed by atoms with E-state index in [0.717, 1.165) is 12.1 Å². The van der Waals surface area contributed by atoms with E-state index in [1.807, 2.05) is 0 Å². The second kappa shape index (κ2) is 6.87. The molecule has 23 heavy (non-hydrogen) atoms. The minimum atomic E-state index is -4.61. The van der Waals surface area contributed by atoms with Crippen LogP contribution in [0.3, 0.4) is 0 Å². The summed E-state index contributed by atoms with van der Waals surface area (Å²) in [7, 11) is 0. The summed E-state index contributed by atoms with van der Waals surface area (Å²) in [4.78, 5) is 16.1. The zero-order valence-corrected chi connectivity index (χ0v) is 12.7. The lowest BCUT2D eigenvalue weighted by molar-refractivity contribution is -0.137. The van der Waals surface area contributed by atoms with Gasteiger partial charge in [-0.15, -0.1) is 0 Å². The molecule has 8 heteroatoms.